The summed E-state index contributed by atoms with van der Waals surface area (Å²) in [5, 5.41) is 8.65. The second-order valence-corrected chi connectivity index (χ2v) is 16.3. The van der Waals surface area contributed by atoms with Crippen molar-refractivity contribution >= 4 is 51.6 Å². The Hall–Kier alpha value is -6.30. The van der Waals surface area contributed by atoms with Crippen LogP contribution in [0.1, 0.15) is 34.4 Å². The number of amides is 2. The number of aryl methyl sites for hydroxylation is 1. The number of pyridine rings is 2. The summed E-state index contributed by atoms with van der Waals surface area (Å²) in [5.41, 5.74) is 3.33. The molecule has 1 unspecified atom stereocenters. The number of nitrogens with zero attached hydrogens (tertiary/aromatic N) is 12. The van der Waals surface area contributed by atoms with Crippen LogP contribution >= 0.6 is 0 Å². The number of imidazole rings is 1. The Kier molecular flexibility index (Phi) is 8.12. The van der Waals surface area contributed by atoms with E-state index in [0.717, 1.165) is 41.5 Å². The Morgan fingerprint density at radius 1 is 0.898 bits per heavy atom. The molecule has 6 bridgehead atoms. The fourth-order valence-electron chi connectivity index (χ4n) is 9.50. The quantitative estimate of drug-likeness (QED) is 0.266. The van der Waals surface area contributed by atoms with Gasteiger partial charge in [0.2, 0.25) is 17.8 Å². The molecule has 16 nitrogen and oxygen atoms in total. The van der Waals surface area contributed by atoms with Crippen LogP contribution in [0, 0.1) is 18.6 Å². The monoisotopic (exact) mass is 805 g/mol. The normalized spacial score (nSPS) is 24.4. The van der Waals surface area contributed by atoms with Crippen molar-refractivity contribution in [1.29, 1.82) is 0 Å². The molecule has 306 valence electrons. The van der Waals surface area contributed by atoms with Gasteiger partial charge in [-0.05, 0) is 62.9 Å². The van der Waals surface area contributed by atoms with Gasteiger partial charge in [-0.2, -0.15) is 15.1 Å². The van der Waals surface area contributed by atoms with Gasteiger partial charge < -0.3 is 34.2 Å². The van der Waals surface area contributed by atoms with Gasteiger partial charge in [-0.15, -0.1) is 0 Å². The number of fused-ring (bicyclic) bond motifs is 8. The maximum absolute atomic E-state index is 15.4. The third kappa shape index (κ3) is 5.78. The van der Waals surface area contributed by atoms with Crippen LogP contribution in [-0.2, 0) is 20.9 Å². The Morgan fingerprint density at radius 3 is 2.56 bits per heavy atom. The highest BCUT2D eigenvalue weighted by Crippen LogP contribution is 2.43. The first kappa shape index (κ1) is 35.8. The van der Waals surface area contributed by atoms with E-state index < -0.39 is 29.8 Å². The predicted molar refractivity (Wildman–Crippen MR) is 217 cm³/mol. The minimum absolute atomic E-state index is 0. The summed E-state index contributed by atoms with van der Waals surface area (Å²) in [6.07, 6.45) is 6.00. The van der Waals surface area contributed by atoms with E-state index >= 15 is 4.39 Å². The number of methoxy groups -OCH3 is 1. The van der Waals surface area contributed by atoms with Gasteiger partial charge in [0.15, 0.2) is 17.1 Å². The molecule has 12 rings (SSSR count). The molecule has 5 aliphatic heterocycles. The first-order valence-electron chi connectivity index (χ1n) is 20.0. The fourth-order valence-corrected chi connectivity index (χ4v) is 9.50. The van der Waals surface area contributed by atoms with Gasteiger partial charge >= 0.3 is 0 Å². The zero-order chi connectivity index (χ0) is 40.3. The number of nitrogens with one attached hydrogen (secondary N) is 1. The molecular formula is C41H45F2N13O3. The molecule has 0 radical (unpaired) electrons. The fraction of sp³-hybridized carbons (Fsp3) is 0.415. The third-order valence-corrected chi connectivity index (χ3v) is 12.6. The second-order valence-electron chi connectivity index (χ2n) is 16.3. The molecule has 6 aromatic rings. The van der Waals surface area contributed by atoms with Crippen LogP contribution in [0.15, 0.2) is 54.9 Å². The molecule has 4 saturated heterocycles. The van der Waals surface area contributed by atoms with E-state index in [1.54, 1.807) is 31.5 Å². The van der Waals surface area contributed by atoms with E-state index in [4.69, 9.17) is 24.7 Å². The molecule has 5 atom stereocenters. The summed E-state index contributed by atoms with van der Waals surface area (Å²) in [7, 11) is 3.41. The van der Waals surface area contributed by atoms with Crippen molar-refractivity contribution in [3.05, 3.63) is 72.3 Å². The minimum atomic E-state index is -0.811. The highest BCUT2D eigenvalue weighted by molar-refractivity contribution is 5.95. The lowest BCUT2D eigenvalue weighted by Crippen LogP contribution is -2.72. The zero-order valence-corrected chi connectivity index (χ0v) is 32.7. The van der Waals surface area contributed by atoms with Crippen LogP contribution in [0.5, 0.6) is 0 Å². The molecule has 2 amide bonds. The lowest BCUT2D eigenvalue weighted by molar-refractivity contribution is -0.140. The smallest absolute Gasteiger partial charge is 0.245 e. The first-order chi connectivity index (χ1) is 28.6. The molecule has 5 fully saturated rings. The molecule has 5 aromatic heterocycles. The number of likely N-dealkylation sites (N-methyl/N-ethyl adjacent to an activating group) is 1. The van der Waals surface area contributed by atoms with Crippen molar-refractivity contribution in [3.63, 3.8) is 0 Å². The molecule has 1 aliphatic carbocycles. The molecule has 1 aromatic carbocycles. The molecule has 1 saturated carbocycles. The van der Waals surface area contributed by atoms with Gasteiger partial charge in [-0.25, -0.2) is 28.4 Å². The van der Waals surface area contributed by atoms with Crippen LogP contribution in [-0.4, -0.2) is 131 Å². The van der Waals surface area contributed by atoms with E-state index in [0.29, 0.717) is 61.1 Å². The summed E-state index contributed by atoms with van der Waals surface area (Å²) in [6, 6.07) is 9.94. The number of benzene rings is 1. The van der Waals surface area contributed by atoms with Gasteiger partial charge in [0.25, 0.3) is 0 Å². The number of piperidine rings is 1. The van der Waals surface area contributed by atoms with E-state index in [2.05, 4.69) is 20.0 Å². The first-order valence-corrected chi connectivity index (χ1v) is 20.0. The molecule has 6 aliphatic rings. The van der Waals surface area contributed by atoms with Crippen LogP contribution in [0.4, 0.5) is 26.4 Å². The number of piperazine rings is 1. The van der Waals surface area contributed by atoms with Crippen molar-refractivity contribution in [1.82, 2.24) is 49.1 Å². The van der Waals surface area contributed by atoms with Crippen molar-refractivity contribution in [2.75, 3.05) is 48.9 Å². The van der Waals surface area contributed by atoms with E-state index in [1.807, 2.05) is 45.9 Å². The summed E-state index contributed by atoms with van der Waals surface area (Å²) in [6.45, 7) is 3.54. The number of anilines is 3. The van der Waals surface area contributed by atoms with E-state index in [-0.39, 0.29) is 50.7 Å². The molecule has 10 heterocycles. The minimum Gasteiger partial charge on any atom is -0.378 e. The Bertz CT molecular complexity index is 2710. The van der Waals surface area contributed by atoms with Gasteiger partial charge in [0.05, 0.1) is 41.5 Å². The van der Waals surface area contributed by atoms with E-state index in [1.165, 1.54) is 16.8 Å². The lowest BCUT2D eigenvalue weighted by Gasteiger charge is -2.55. The maximum Gasteiger partial charge on any atom is 0.245 e. The lowest BCUT2D eigenvalue weighted by atomic mass is 9.87. The average Bonchev–Trinajstić information content (AvgIpc) is 3.72. The summed E-state index contributed by atoms with van der Waals surface area (Å²) in [5.74, 6) is 0.490. The zero-order valence-electron chi connectivity index (χ0n) is 32.7. The van der Waals surface area contributed by atoms with Crippen LogP contribution in [0.25, 0.3) is 39.1 Å². The number of carbonyl (C=O) groups excluding carboxylic acids is 2. The van der Waals surface area contributed by atoms with Gasteiger partial charge in [-0.3, -0.25) is 9.59 Å². The van der Waals surface area contributed by atoms with E-state index in [9.17, 15) is 14.0 Å². The van der Waals surface area contributed by atoms with Gasteiger partial charge in [-0.1, -0.05) is 6.07 Å². The third-order valence-electron chi connectivity index (χ3n) is 12.6. The number of halogens is 2. The number of ether oxygens (including phenoxy) is 1. The molecule has 18 heteroatoms. The van der Waals surface area contributed by atoms with Crippen molar-refractivity contribution < 1.29 is 26.0 Å². The molecule has 0 spiro atoms. The van der Waals surface area contributed by atoms with Crippen LogP contribution in [0.2, 0.25) is 0 Å². The van der Waals surface area contributed by atoms with Crippen molar-refractivity contribution in [2.45, 2.75) is 75.5 Å². The number of rotatable bonds is 5. The van der Waals surface area contributed by atoms with Crippen LogP contribution < -0.4 is 15.1 Å². The number of carbonyl (C=O) groups is 2. The van der Waals surface area contributed by atoms with Crippen LogP contribution in [0.3, 0.4) is 0 Å². The molecule has 59 heavy (non-hydrogen) atoms. The molecule has 1 N–H and O–H groups in total. The number of hydrogen-bond acceptors (Lipinski definition) is 12. The largest absolute Gasteiger partial charge is 0.378 e. The summed E-state index contributed by atoms with van der Waals surface area (Å²) in [4.78, 5) is 60.7. The number of hydrogen-bond donors (Lipinski definition) is 1. The number of aromatic nitrogens is 8. The maximum atomic E-state index is 15.4. The molecular weight excluding hydrogens is 761 g/mol. The second kappa shape index (κ2) is 13.4. The van der Waals surface area contributed by atoms with Crippen molar-refractivity contribution in [3.8, 4) is 16.9 Å². The highest BCUT2D eigenvalue weighted by atomic mass is 19.1. The predicted octanol–water partition coefficient (Wildman–Crippen LogP) is 4.20. The Labute approximate surface area is 339 Å². The highest BCUT2D eigenvalue weighted by Gasteiger charge is 2.54. The SMILES string of the molecule is CO[C@H]1CN(C)C(=O)[C@@H]2C[C@@H](CN2c2nc(N3C4C[C@@H]3CN(C3CC3)C4=O)nc3c2cnn3-c2ccc(F)cc2F)Nc2cccc(n2)-c2ccnc3nc(C)n(c23)C1.[HH].[HH]. The van der Waals surface area contributed by atoms with Gasteiger partial charge in [0, 0.05) is 66.6 Å². The summed E-state index contributed by atoms with van der Waals surface area (Å²) < 4.78 is 39.0. The summed E-state index contributed by atoms with van der Waals surface area (Å²) >= 11 is 0. The van der Waals surface area contributed by atoms with Crippen molar-refractivity contribution in [2.24, 2.45) is 0 Å². The topological polar surface area (TPSA) is 156 Å². The average molecular weight is 806 g/mol. The van der Waals surface area contributed by atoms with Gasteiger partial charge in [0.1, 0.15) is 41.0 Å². The Morgan fingerprint density at radius 2 is 1.76 bits per heavy atom. The Balaban J connectivity index is 0.00000238. The standard InChI is InChI=1S/C41H41F2N13O3.2H2/c1-21-46-36-35-27(11-12-44-36)30-5-4-6-34(48-30)47-23-14-32(39(57)51(2)19-26(59-3)20-52(21)35)54(17-23)37-28-16-45-56(31-10-7-22(42)13-29(31)43)38(28)50-41(49-37)55-25-15-33(55)40(58)53(18-25)24-8-9-24;;/h4-7,10-13,16,23-26,32-33H,8-9,14-15,17-20H2,1-3H3,(H,47,48);2*1H/t23-,25+,26-,32-,33?;;/m0../s1.